The van der Waals surface area contributed by atoms with E-state index in [1.54, 1.807) is 6.20 Å². The molecule has 0 atom stereocenters. The highest BCUT2D eigenvalue weighted by atomic mass is 15.1. The summed E-state index contributed by atoms with van der Waals surface area (Å²) in [5.74, 6) is 0. The number of aromatic nitrogens is 3. The third-order valence-electron chi connectivity index (χ3n) is 7.37. The molecule has 3 aromatic carbocycles. The van der Waals surface area contributed by atoms with E-state index < -0.39 is 0 Å². The van der Waals surface area contributed by atoms with Gasteiger partial charge in [0.2, 0.25) is 0 Å². The number of hydrogen-bond acceptors (Lipinski definition) is 5. The third-order valence-corrected chi connectivity index (χ3v) is 7.37. The van der Waals surface area contributed by atoms with Crippen molar-refractivity contribution < 1.29 is 0 Å². The molecule has 0 radical (unpaired) electrons. The maximum Gasteiger partial charge on any atom is 0.133 e. The monoisotopic (exact) mass is 518 g/mol. The van der Waals surface area contributed by atoms with Gasteiger partial charge in [0.1, 0.15) is 5.69 Å². The first-order chi connectivity index (χ1) is 19.8. The molecule has 0 spiro atoms. The van der Waals surface area contributed by atoms with Crippen LogP contribution in [-0.4, -0.2) is 14.5 Å². The van der Waals surface area contributed by atoms with Crippen molar-refractivity contribution in [3.63, 3.8) is 0 Å². The highest BCUT2D eigenvalue weighted by molar-refractivity contribution is 6.02. The Morgan fingerprint density at radius 3 is 2.25 bits per heavy atom. The van der Waals surface area contributed by atoms with Crippen LogP contribution in [0, 0.1) is 5.53 Å². The third kappa shape index (κ3) is 4.16. The number of hydrogen-bond donors (Lipinski definition) is 2. The number of pyridine rings is 2. The Morgan fingerprint density at radius 2 is 1.52 bits per heavy atom. The standard InChI is InChI=1S/C34H26N6/c35-39-33-31(38-25-11-7-9-23(21-25)29-14-3-5-19-36-29)18-17-28-27-13-1-2-16-32(27)40(34(28)33)26-12-8-10-24(22-26)30-15-4-6-20-37-30/h2-12,14-22,35,38H,1,13H2. The van der Waals surface area contributed by atoms with E-state index in [2.05, 4.69) is 73.5 Å². The quantitative estimate of drug-likeness (QED) is 0.216. The van der Waals surface area contributed by atoms with Crippen LogP contribution in [0.15, 0.2) is 121 Å². The largest absolute Gasteiger partial charge is 0.354 e. The van der Waals surface area contributed by atoms with Crippen molar-refractivity contribution in [2.24, 2.45) is 5.11 Å². The molecule has 0 bridgehead atoms. The summed E-state index contributed by atoms with van der Waals surface area (Å²) in [5, 5.41) is 8.77. The minimum atomic E-state index is 0.603. The maximum atomic E-state index is 8.29. The number of anilines is 2. The molecule has 6 nitrogen and oxygen atoms in total. The maximum absolute atomic E-state index is 8.29. The Kier molecular flexibility index (Phi) is 5.98. The first-order valence-corrected chi connectivity index (χ1v) is 13.3. The molecule has 0 unspecified atom stereocenters. The van der Waals surface area contributed by atoms with Crippen LogP contribution >= 0.6 is 0 Å². The molecule has 6 heteroatoms. The zero-order valence-corrected chi connectivity index (χ0v) is 21.8. The van der Waals surface area contributed by atoms with Crippen LogP contribution in [0.3, 0.4) is 0 Å². The van der Waals surface area contributed by atoms with Gasteiger partial charge >= 0.3 is 0 Å². The summed E-state index contributed by atoms with van der Waals surface area (Å²) in [4.78, 5) is 9.05. The molecule has 192 valence electrons. The van der Waals surface area contributed by atoms with Crippen molar-refractivity contribution in [3.05, 3.63) is 127 Å². The lowest BCUT2D eigenvalue weighted by molar-refractivity contribution is 0.967. The van der Waals surface area contributed by atoms with Crippen molar-refractivity contribution >= 4 is 34.0 Å². The zero-order chi connectivity index (χ0) is 26.9. The second kappa shape index (κ2) is 10.1. The Balaban J connectivity index is 1.39. The molecule has 1 aliphatic rings. The van der Waals surface area contributed by atoms with Gasteiger partial charge in [0.15, 0.2) is 0 Å². The molecule has 6 aromatic rings. The van der Waals surface area contributed by atoms with Crippen molar-refractivity contribution in [2.75, 3.05) is 5.32 Å². The summed E-state index contributed by atoms with van der Waals surface area (Å²) in [6, 6.07) is 32.6. The van der Waals surface area contributed by atoms with E-state index in [4.69, 9.17) is 5.53 Å². The normalized spacial score (nSPS) is 12.3. The van der Waals surface area contributed by atoms with Crippen molar-refractivity contribution in [1.29, 1.82) is 5.53 Å². The first kappa shape index (κ1) is 23.7. The lowest BCUT2D eigenvalue weighted by Crippen LogP contribution is -2.01. The Hall–Kier alpha value is -5.36. The molecule has 7 rings (SSSR count). The number of nitrogens with zero attached hydrogens (tertiary/aromatic N) is 4. The number of fused-ring (bicyclic) bond motifs is 3. The molecule has 3 aromatic heterocycles. The van der Waals surface area contributed by atoms with Gasteiger partial charge in [-0.2, -0.15) is 5.11 Å². The molecule has 0 fully saturated rings. The molecule has 0 amide bonds. The summed E-state index contributed by atoms with van der Waals surface area (Å²) >= 11 is 0. The molecule has 0 saturated heterocycles. The minimum absolute atomic E-state index is 0.603. The van der Waals surface area contributed by atoms with Crippen LogP contribution in [-0.2, 0) is 6.42 Å². The van der Waals surface area contributed by atoms with Gasteiger partial charge in [0.25, 0.3) is 0 Å². The van der Waals surface area contributed by atoms with Gasteiger partial charge in [-0.05, 0) is 79.1 Å². The number of aryl methyl sites for hydroxylation is 1. The SMILES string of the molecule is N=Nc1c(Nc2cccc(-c3ccccn3)c2)ccc2c3c(n(-c4cccc(-c5ccccn5)c4)c12)C=CCC3. The average molecular weight is 519 g/mol. The Labute approximate surface area is 232 Å². The predicted octanol–water partition coefficient (Wildman–Crippen LogP) is 9.12. The van der Waals surface area contributed by atoms with Gasteiger partial charge in [-0.3, -0.25) is 9.97 Å². The van der Waals surface area contributed by atoms with E-state index in [1.165, 1.54) is 5.56 Å². The van der Waals surface area contributed by atoms with Crippen molar-refractivity contribution in [2.45, 2.75) is 12.8 Å². The van der Waals surface area contributed by atoms with Crippen LogP contribution < -0.4 is 5.32 Å². The molecule has 0 saturated carbocycles. The fourth-order valence-electron chi connectivity index (χ4n) is 5.57. The first-order valence-electron chi connectivity index (χ1n) is 13.3. The lowest BCUT2D eigenvalue weighted by Gasteiger charge is -2.15. The van der Waals surface area contributed by atoms with E-state index in [1.807, 2.05) is 66.9 Å². The summed E-state index contributed by atoms with van der Waals surface area (Å²) in [5.41, 5.74) is 18.8. The molecule has 3 heterocycles. The fraction of sp³-hybridized carbons (Fsp3) is 0.0588. The smallest absolute Gasteiger partial charge is 0.133 e. The predicted molar refractivity (Wildman–Crippen MR) is 162 cm³/mol. The van der Waals surface area contributed by atoms with Crippen LogP contribution in [0.4, 0.5) is 17.1 Å². The summed E-state index contributed by atoms with van der Waals surface area (Å²) < 4.78 is 2.25. The highest BCUT2D eigenvalue weighted by Crippen LogP contribution is 2.43. The number of allylic oxidation sites excluding steroid dienone is 1. The fourth-order valence-corrected chi connectivity index (χ4v) is 5.57. The van der Waals surface area contributed by atoms with Crippen LogP contribution in [0.1, 0.15) is 17.7 Å². The van der Waals surface area contributed by atoms with Crippen LogP contribution in [0.25, 0.3) is 45.2 Å². The van der Waals surface area contributed by atoms with Gasteiger partial charge in [0, 0.05) is 46.0 Å². The van der Waals surface area contributed by atoms with Gasteiger partial charge in [-0.15, -0.1) is 0 Å². The molecule has 1 aliphatic carbocycles. The van der Waals surface area contributed by atoms with E-state index in [0.29, 0.717) is 5.69 Å². The van der Waals surface area contributed by atoms with Crippen molar-refractivity contribution in [1.82, 2.24) is 14.5 Å². The molecular formula is C34H26N6. The van der Waals surface area contributed by atoms with Gasteiger partial charge < -0.3 is 9.88 Å². The van der Waals surface area contributed by atoms with E-state index in [9.17, 15) is 0 Å². The molecular weight excluding hydrogens is 492 g/mol. The lowest BCUT2D eigenvalue weighted by atomic mass is 10.0. The number of benzene rings is 3. The number of rotatable bonds is 6. The summed E-state index contributed by atoms with van der Waals surface area (Å²) in [6.07, 6.45) is 9.98. The van der Waals surface area contributed by atoms with E-state index in [0.717, 1.165) is 69.0 Å². The second-order valence-corrected chi connectivity index (χ2v) is 9.80. The molecule has 2 N–H and O–H groups in total. The highest BCUT2D eigenvalue weighted by Gasteiger charge is 2.23. The topological polar surface area (TPSA) is 79.0 Å². The summed E-state index contributed by atoms with van der Waals surface area (Å²) in [6.45, 7) is 0. The van der Waals surface area contributed by atoms with Crippen LogP contribution in [0.2, 0.25) is 0 Å². The van der Waals surface area contributed by atoms with Crippen molar-refractivity contribution in [3.8, 4) is 28.2 Å². The second-order valence-electron chi connectivity index (χ2n) is 9.80. The molecule has 40 heavy (non-hydrogen) atoms. The Morgan fingerprint density at radius 1 is 0.775 bits per heavy atom. The number of nitrogens with one attached hydrogen (secondary N) is 2. The van der Waals surface area contributed by atoms with Gasteiger partial charge in [0.05, 0.1) is 22.6 Å². The zero-order valence-electron chi connectivity index (χ0n) is 21.8. The van der Waals surface area contributed by atoms with Gasteiger partial charge in [-0.25, -0.2) is 5.53 Å². The van der Waals surface area contributed by atoms with E-state index in [-0.39, 0.29) is 0 Å². The van der Waals surface area contributed by atoms with Gasteiger partial charge in [-0.1, -0.05) is 48.5 Å². The summed E-state index contributed by atoms with van der Waals surface area (Å²) in [7, 11) is 0. The molecule has 0 aliphatic heterocycles. The minimum Gasteiger partial charge on any atom is -0.354 e. The Bertz CT molecular complexity index is 1890. The average Bonchev–Trinajstić information content (AvgIpc) is 3.36. The van der Waals surface area contributed by atoms with Crippen LogP contribution in [0.5, 0.6) is 0 Å². The van der Waals surface area contributed by atoms with E-state index >= 15 is 0 Å².